The highest BCUT2D eigenvalue weighted by Crippen LogP contribution is 2.02. The number of hydrogen-bond acceptors (Lipinski definition) is 4. The molecule has 0 saturated heterocycles. The first kappa shape index (κ1) is 8.32. The van der Waals surface area contributed by atoms with Crippen LogP contribution in [0.2, 0.25) is 0 Å². The van der Waals surface area contributed by atoms with Crippen molar-refractivity contribution in [3.8, 4) is 0 Å². The fourth-order valence-electron chi connectivity index (χ4n) is 0.732. The molecule has 0 fully saturated rings. The van der Waals surface area contributed by atoms with Crippen LogP contribution in [0.25, 0.3) is 0 Å². The topological polar surface area (TPSA) is 83.0 Å². The summed E-state index contributed by atoms with van der Waals surface area (Å²) in [5.74, 6) is -0.806. The van der Waals surface area contributed by atoms with Crippen molar-refractivity contribution in [2.24, 2.45) is 5.16 Å². The van der Waals surface area contributed by atoms with E-state index in [4.69, 9.17) is 14.7 Å². The van der Waals surface area contributed by atoms with Gasteiger partial charge in [-0.05, 0) is 12.1 Å². The second-order valence-corrected chi connectivity index (χ2v) is 2.11. The van der Waals surface area contributed by atoms with Gasteiger partial charge in [0.1, 0.15) is 5.76 Å². The van der Waals surface area contributed by atoms with Crippen molar-refractivity contribution in [3.63, 3.8) is 0 Å². The molecule has 2 N–H and O–H groups in total. The molecule has 0 unspecified atom stereocenters. The van der Waals surface area contributed by atoms with Gasteiger partial charge in [0.05, 0.1) is 12.7 Å². The molecule has 1 aromatic rings. The Morgan fingerprint density at radius 3 is 2.83 bits per heavy atom. The Balaban J connectivity index is 2.68. The first-order valence-electron chi connectivity index (χ1n) is 3.20. The van der Waals surface area contributed by atoms with Gasteiger partial charge in [-0.3, -0.25) is 0 Å². The lowest BCUT2D eigenvalue weighted by molar-refractivity contribution is -0.129. The lowest BCUT2D eigenvalue weighted by Gasteiger charge is -1.93. The first-order chi connectivity index (χ1) is 5.74. The summed E-state index contributed by atoms with van der Waals surface area (Å²) in [6.45, 7) is 0. The molecule has 0 aliphatic heterocycles. The molecular weight excluding hydrogens is 162 g/mol. The largest absolute Gasteiger partial charge is 0.477 e. The van der Waals surface area contributed by atoms with E-state index in [0.29, 0.717) is 5.76 Å². The number of aliphatic carboxylic acids is 1. The average Bonchev–Trinajstić information content (AvgIpc) is 2.51. The maximum Gasteiger partial charge on any atom is 0.354 e. The van der Waals surface area contributed by atoms with E-state index in [0.717, 1.165) is 0 Å². The van der Waals surface area contributed by atoms with Crippen molar-refractivity contribution in [2.75, 3.05) is 0 Å². The number of rotatable bonds is 3. The molecule has 1 aromatic heterocycles. The molecule has 5 nitrogen and oxygen atoms in total. The zero-order chi connectivity index (χ0) is 8.97. The fraction of sp³-hybridized carbons (Fsp3) is 0.143. The SMILES string of the molecule is O=C(O)/C(Cc1ccco1)=N/O. The molecule has 0 bridgehead atoms. The summed E-state index contributed by atoms with van der Waals surface area (Å²) in [7, 11) is 0. The van der Waals surface area contributed by atoms with Gasteiger partial charge < -0.3 is 14.7 Å². The second kappa shape index (κ2) is 3.56. The second-order valence-electron chi connectivity index (χ2n) is 2.11. The molecule has 0 spiro atoms. The number of carboxylic acid groups (broad SMARTS) is 1. The summed E-state index contributed by atoms with van der Waals surface area (Å²) < 4.78 is 4.86. The van der Waals surface area contributed by atoms with Crippen LogP contribution in [0.3, 0.4) is 0 Å². The summed E-state index contributed by atoms with van der Waals surface area (Å²) in [5.41, 5.74) is -0.343. The van der Waals surface area contributed by atoms with Crippen molar-refractivity contribution >= 4 is 11.7 Å². The molecule has 5 heteroatoms. The third-order valence-electron chi connectivity index (χ3n) is 1.29. The van der Waals surface area contributed by atoms with Crippen LogP contribution >= 0.6 is 0 Å². The minimum atomic E-state index is -1.26. The predicted molar refractivity (Wildman–Crippen MR) is 39.3 cm³/mol. The smallest absolute Gasteiger partial charge is 0.354 e. The predicted octanol–water partition coefficient (Wildman–Crippen LogP) is 0.737. The van der Waals surface area contributed by atoms with Crippen LogP contribution in [0.5, 0.6) is 0 Å². The maximum atomic E-state index is 10.3. The van der Waals surface area contributed by atoms with Crippen LogP contribution in [0.4, 0.5) is 0 Å². The molecule has 0 aromatic carbocycles. The Bertz CT molecular complexity index is 288. The molecule has 0 radical (unpaired) electrons. The Morgan fingerprint density at radius 2 is 2.42 bits per heavy atom. The van der Waals surface area contributed by atoms with Gasteiger partial charge in [0.15, 0.2) is 5.71 Å². The van der Waals surface area contributed by atoms with Gasteiger partial charge in [-0.2, -0.15) is 0 Å². The van der Waals surface area contributed by atoms with Crippen LogP contribution in [0.1, 0.15) is 5.76 Å². The highest BCUT2D eigenvalue weighted by Gasteiger charge is 2.11. The molecule has 0 amide bonds. The summed E-state index contributed by atoms with van der Waals surface area (Å²) in [4.78, 5) is 10.3. The monoisotopic (exact) mass is 169 g/mol. The van der Waals surface area contributed by atoms with Gasteiger partial charge in [0.2, 0.25) is 0 Å². The van der Waals surface area contributed by atoms with Gasteiger partial charge in [-0.25, -0.2) is 4.79 Å². The highest BCUT2D eigenvalue weighted by atomic mass is 16.4. The van der Waals surface area contributed by atoms with Gasteiger partial charge in [0.25, 0.3) is 0 Å². The van der Waals surface area contributed by atoms with E-state index in [2.05, 4.69) is 5.16 Å². The summed E-state index contributed by atoms with van der Waals surface area (Å²) in [5, 5.41) is 19.3. The van der Waals surface area contributed by atoms with Gasteiger partial charge in [0, 0.05) is 0 Å². The van der Waals surface area contributed by atoms with Crippen molar-refractivity contribution in [1.29, 1.82) is 0 Å². The first-order valence-corrected chi connectivity index (χ1v) is 3.20. The van der Waals surface area contributed by atoms with E-state index in [-0.39, 0.29) is 12.1 Å². The summed E-state index contributed by atoms with van der Waals surface area (Å²) in [6.07, 6.45) is 1.41. The van der Waals surface area contributed by atoms with Crippen molar-refractivity contribution in [1.82, 2.24) is 0 Å². The fourth-order valence-corrected chi connectivity index (χ4v) is 0.732. The number of carboxylic acids is 1. The molecule has 64 valence electrons. The summed E-state index contributed by atoms with van der Waals surface area (Å²) >= 11 is 0. The zero-order valence-electron chi connectivity index (χ0n) is 6.10. The number of carbonyl (C=O) groups is 1. The van der Waals surface area contributed by atoms with Crippen LogP contribution < -0.4 is 0 Å². The minimum Gasteiger partial charge on any atom is -0.477 e. The number of furan rings is 1. The molecule has 0 saturated carbocycles. The third kappa shape index (κ3) is 1.85. The van der Waals surface area contributed by atoms with E-state index in [1.54, 1.807) is 12.1 Å². The number of oxime groups is 1. The molecule has 12 heavy (non-hydrogen) atoms. The maximum absolute atomic E-state index is 10.3. The number of hydrogen-bond donors (Lipinski definition) is 2. The van der Waals surface area contributed by atoms with Gasteiger partial charge in [-0.15, -0.1) is 0 Å². The van der Waals surface area contributed by atoms with E-state index in [9.17, 15) is 4.79 Å². The molecule has 0 aliphatic carbocycles. The zero-order valence-corrected chi connectivity index (χ0v) is 6.10. The van der Waals surface area contributed by atoms with Gasteiger partial charge in [-0.1, -0.05) is 5.16 Å². The van der Waals surface area contributed by atoms with Crippen molar-refractivity contribution < 1.29 is 19.5 Å². The summed E-state index contributed by atoms with van der Waals surface area (Å²) in [6, 6.07) is 3.24. The van der Waals surface area contributed by atoms with Crippen molar-refractivity contribution in [2.45, 2.75) is 6.42 Å². The number of nitrogens with zero attached hydrogens (tertiary/aromatic N) is 1. The molecular formula is C7H7NO4. The Labute approximate surface area is 67.9 Å². The Kier molecular flexibility index (Phi) is 2.47. The minimum absolute atomic E-state index is 0.0150. The lowest BCUT2D eigenvalue weighted by Crippen LogP contribution is -2.15. The lowest BCUT2D eigenvalue weighted by atomic mass is 10.2. The van der Waals surface area contributed by atoms with E-state index < -0.39 is 5.97 Å². The van der Waals surface area contributed by atoms with Crippen molar-refractivity contribution in [3.05, 3.63) is 24.2 Å². The third-order valence-corrected chi connectivity index (χ3v) is 1.29. The average molecular weight is 169 g/mol. The molecule has 1 heterocycles. The van der Waals surface area contributed by atoms with Crippen LogP contribution in [-0.2, 0) is 11.2 Å². The standard InChI is InChI=1S/C7H7NO4/c9-7(10)6(8-11)4-5-2-1-3-12-5/h1-3,11H,4H2,(H,9,10)/b8-6+. The van der Waals surface area contributed by atoms with Gasteiger partial charge >= 0.3 is 5.97 Å². The van der Waals surface area contributed by atoms with E-state index in [1.807, 2.05) is 0 Å². The van der Waals surface area contributed by atoms with E-state index >= 15 is 0 Å². The van der Waals surface area contributed by atoms with E-state index in [1.165, 1.54) is 6.26 Å². The molecule has 0 atom stereocenters. The quantitative estimate of drug-likeness (QED) is 0.397. The van der Waals surface area contributed by atoms with Crippen LogP contribution in [-0.4, -0.2) is 22.0 Å². The van der Waals surface area contributed by atoms with Crippen LogP contribution in [0, 0.1) is 0 Å². The Hall–Kier alpha value is -1.78. The normalized spacial score (nSPS) is 11.5. The highest BCUT2D eigenvalue weighted by molar-refractivity contribution is 6.35. The molecule has 0 aliphatic rings. The Morgan fingerprint density at radius 1 is 1.67 bits per heavy atom. The van der Waals surface area contributed by atoms with Crippen LogP contribution in [0.15, 0.2) is 28.0 Å². The molecule has 1 rings (SSSR count).